The number of likely N-dealkylation sites (N-methyl/N-ethyl adjacent to an activating group) is 2. The second-order valence-electron chi connectivity index (χ2n) is 30.5. The lowest BCUT2D eigenvalue weighted by molar-refractivity contribution is 0.174. The molecule has 18 rings (SSSR count). The first kappa shape index (κ1) is 89.9. The molecule has 0 amide bonds. The SMILES string of the molecule is CNC[C@H]1CCc2cc(F)cc(-c3ccccc3C)c2O1.CNC[C@H]1CCc2cc(F)cc(-c3cccnc3)c2O1.NC[C@H]1CCc2cc(F)cc(-c3cc(Cl)ccc3Cl)c2O1.NC[C@H]1CCc2cc(F)cc(-c3ccc(Cl)cc3Cl)c2O1.NC[C@H]1CCc2cc(F)cc(-c3ccccc3)c2O1.NC[C@H]1CCc2cc(F)cc(-c3ccccc3Cl)c2O1. The maximum Gasteiger partial charge on any atom is 0.131 e. The molecule has 10 N–H and O–H groups in total. The van der Waals surface area contributed by atoms with Crippen molar-refractivity contribution in [3.63, 3.8) is 0 Å². The molecule has 0 saturated carbocycles. The predicted octanol–water partition coefficient (Wildman–Crippen LogP) is 22.4. The Labute approximate surface area is 733 Å². The van der Waals surface area contributed by atoms with E-state index in [1.54, 1.807) is 79.1 Å². The van der Waals surface area contributed by atoms with Crippen molar-refractivity contribution < 1.29 is 54.8 Å². The number of nitrogens with one attached hydrogen (secondary N) is 2. The Morgan fingerprint density at radius 2 is 0.631 bits per heavy atom. The van der Waals surface area contributed by atoms with E-state index in [9.17, 15) is 26.3 Å². The predicted molar refractivity (Wildman–Crippen MR) is 479 cm³/mol. The highest BCUT2D eigenvalue weighted by atomic mass is 35.5. The van der Waals surface area contributed by atoms with Crippen LogP contribution < -0.4 is 62.0 Å². The second kappa shape index (κ2) is 42.5. The van der Waals surface area contributed by atoms with Gasteiger partial charge in [0.2, 0.25) is 0 Å². The van der Waals surface area contributed by atoms with Crippen LogP contribution in [0, 0.1) is 41.8 Å². The van der Waals surface area contributed by atoms with Crippen LogP contribution in [0.4, 0.5) is 26.3 Å². The standard InChI is InChI=1S/C18H20FNO.2C16H14Cl2FNO.C16H15ClFNO.C16H17FN2O.C16H16FNO/c1-12-5-3-4-6-16(12)17-10-14(19)9-13-7-8-15(11-20-2)21-18(13)17;17-10-2-4-15(18)13(6-10)14-7-11(19)5-9-1-3-12(8-20)21-16(9)14;17-10-2-4-13(15(18)6-10)14-7-11(19)5-9-1-3-12(8-20)21-16(9)14;17-15-4-2-1-3-13(15)14-8-11(18)7-10-5-6-12(9-19)20-16(10)14;1-18-10-14-5-4-11-7-13(17)8-15(16(11)20-14)12-3-2-6-19-9-12;17-13-8-12-6-7-14(10-18)19-16(12)15(9-13)11-4-2-1-3-5-11/h3-6,9-10,15,20H,7-8,11H2,1-2H3;2*2,4-7,12H,1,3,8,20H2;1-4,7-8,12H,5-6,9,19H2;2-3,6-9,14,18H,4-5,10H2,1H3;1-5,8-9,14H,6-7,10,18H2/t15-;3*12-;2*14-/m111111/s1. The highest BCUT2D eigenvalue weighted by Gasteiger charge is 2.31. The summed E-state index contributed by atoms with van der Waals surface area (Å²) >= 11 is 30.6. The Balaban J connectivity index is 0.000000126. The molecule has 0 saturated heterocycles. The third kappa shape index (κ3) is 22.4. The zero-order valence-corrected chi connectivity index (χ0v) is 71.5. The topological polar surface area (TPSA) is 196 Å². The lowest BCUT2D eigenvalue weighted by atomic mass is 9.93. The first-order valence-corrected chi connectivity index (χ1v) is 42.7. The summed E-state index contributed by atoms with van der Waals surface area (Å²) in [7, 11) is 3.83. The Morgan fingerprint density at radius 3 is 1.02 bits per heavy atom. The van der Waals surface area contributed by atoms with Crippen molar-refractivity contribution in [2.45, 2.75) is 121 Å². The summed E-state index contributed by atoms with van der Waals surface area (Å²) in [5.74, 6) is 2.95. The van der Waals surface area contributed by atoms with E-state index in [0.29, 0.717) is 96.4 Å². The number of nitrogens with two attached hydrogens (primary N) is 4. The van der Waals surface area contributed by atoms with Gasteiger partial charge in [-0.2, -0.15) is 0 Å². The number of benzene rings is 11. The number of aromatic nitrogens is 1. The fourth-order valence-electron chi connectivity index (χ4n) is 15.8. The van der Waals surface area contributed by atoms with E-state index in [1.807, 2.05) is 106 Å². The summed E-state index contributed by atoms with van der Waals surface area (Å²) < 4.78 is 119. The van der Waals surface area contributed by atoms with Gasteiger partial charge in [-0.05, 0) is 263 Å². The minimum atomic E-state index is -0.311. The van der Waals surface area contributed by atoms with E-state index < -0.39 is 0 Å². The number of fused-ring (bicyclic) bond motifs is 6. The third-order valence-electron chi connectivity index (χ3n) is 21.9. The van der Waals surface area contributed by atoms with Crippen molar-refractivity contribution in [1.82, 2.24) is 15.6 Å². The molecule has 12 aromatic rings. The van der Waals surface area contributed by atoms with Crippen molar-refractivity contribution in [3.05, 3.63) is 312 Å². The molecule has 0 fully saturated rings. The lowest BCUT2D eigenvalue weighted by Crippen LogP contribution is -2.32. The van der Waals surface area contributed by atoms with E-state index in [2.05, 4.69) is 15.6 Å². The highest BCUT2D eigenvalue weighted by Crippen LogP contribution is 2.48. The number of nitrogens with zero attached hydrogens (tertiary/aromatic N) is 1. The van der Waals surface area contributed by atoms with Crippen LogP contribution in [0.3, 0.4) is 0 Å². The van der Waals surface area contributed by atoms with Crippen LogP contribution in [0.5, 0.6) is 34.5 Å². The number of ether oxygens (including phenoxy) is 6. The van der Waals surface area contributed by atoms with Gasteiger partial charge in [-0.3, -0.25) is 4.98 Å². The molecule has 6 atom stereocenters. The molecule has 6 aliphatic rings. The fraction of sp³-hybridized carbons (Fsp3) is 0.276. The quantitative estimate of drug-likeness (QED) is 0.0563. The number of aryl methyl sites for hydroxylation is 7. The van der Waals surface area contributed by atoms with E-state index in [0.717, 1.165) is 185 Å². The molecule has 1 aromatic heterocycles. The van der Waals surface area contributed by atoms with Gasteiger partial charge in [0.1, 0.15) is 106 Å². The summed E-state index contributed by atoms with van der Waals surface area (Å²) in [6.07, 6.45) is 13.5. The molecule has 13 nitrogen and oxygen atoms in total. The van der Waals surface area contributed by atoms with Crippen molar-refractivity contribution in [2.24, 2.45) is 22.9 Å². The van der Waals surface area contributed by atoms with Gasteiger partial charge >= 0.3 is 0 Å². The van der Waals surface area contributed by atoms with Crippen LogP contribution in [-0.4, -0.2) is 95.0 Å². The summed E-state index contributed by atoms with van der Waals surface area (Å²) in [4.78, 5) is 4.10. The number of rotatable bonds is 14. The zero-order chi connectivity index (χ0) is 86.1. The molecule has 0 unspecified atom stereocenters. The van der Waals surface area contributed by atoms with Crippen molar-refractivity contribution >= 4 is 58.0 Å². The average Bonchev–Trinajstić information content (AvgIpc) is 0.689. The van der Waals surface area contributed by atoms with Gasteiger partial charge < -0.3 is 62.0 Å². The molecule has 6 aliphatic heterocycles. The molecule has 0 bridgehead atoms. The normalized spacial score (nSPS) is 17.4. The Morgan fingerprint density at radius 1 is 0.311 bits per heavy atom. The van der Waals surface area contributed by atoms with Crippen molar-refractivity contribution in [3.8, 4) is 101 Å². The first-order valence-electron chi connectivity index (χ1n) is 40.8. The molecule has 7 heterocycles. The molecule has 122 heavy (non-hydrogen) atoms. The largest absolute Gasteiger partial charge is 0.488 e. The van der Waals surface area contributed by atoms with Gasteiger partial charge in [0.05, 0.1) is 5.02 Å². The molecule has 636 valence electrons. The molecule has 0 aliphatic carbocycles. The molecule has 24 heteroatoms. The summed E-state index contributed by atoms with van der Waals surface area (Å²) in [5, 5.41) is 8.91. The highest BCUT2D eigenvalue weighted by molar-refractivity contribution is 6.37. The van der Waals surface area contributed by atoms with Crippen molar-refractivity contribution in [1.29, 1.82) is 0 Å². The maximum absolute atomic E-state index is 13.9. The van der Waals surface area contributed by atoms with Gasteiger partial charge in [-0.1, -0.05) is 143 Å². The van der Waals surface area contributed by atoms with Crippen LogP contribution in [0.25, 0.3) is 66.8 Å². The Bertz CT molecular complexity index is 5630. The van der Waals surface area contributed by atoms with Gasteiger partial charge in [0.25, 0.3) is 0 Å². The maximum atomic E-state index is 13.9. The molecule has 0 spiro atoms. The lowest BCUT2D eigenvalue weighted by Gasteiger charge is -2.28. The van der Waals surface area contributed by atoms with Crippen LogP contribution in [0.1, 0.15) is 77.5 Å². The Hall–Kier alpha value is -9.84. The van der Waals surface area contributed by atoms with E-state index in [4.69, 9.17) is 109 Å². The van der Waals surface area contributed by atoms with Crippen LogP contribution in [0.2, 0.25) is 25.1 Å². The van der Waals surface area contributed by atoms with Gasteiger partial charge in [0.15, 0.2) is 0 Å². The van der Waals surface area contributed by atoms with Crippen LogP contribution >= 0.6 is 58.0 Å². The van der Waals surface area contributed by atoms with Gasteiger partial charge in [-0.15, -0.1) is 0 Å². The van der Waals surface area contributed by atoms with Gasteiger partial charge in [-0.25, -0.2) is 26.3 Å². The minimum absolute atomic E-state index is 0.0193. The van der Waals surface area contributed by atoms with Crippen LogP contribution in [-0.2, 0) is 38.5 Å². The number of halogens is 11. The second-order valence-corrected chi connectivity index (χ2v) is 32.6. The first-order chi connectivity index (χ1) is 59.1. The molecular weight excluding hydrogens is 1660 g/mol. The fourth-order valence-corrected chi connectivity index (χ4v) is 17.0. The number of hydrogen-bond donors (Lipinski definition) is 6. The minimum Gasteiger partial charge on any atom is -0.488 e. The smallest absolute Gasteiger partial charge is 0.131 e. The third-order valence-corrected chi connectivity index (χ3v) is 23.4. The summed E-state index contributed by atoms with van der Waals surface area (Å²) in [6, 6.07) is 57.5. The zero-order valence-electron chi connectivity index (χ0n) is 67.8. The monoisotopic (exact) mass is 1760 g/mol. The van der Waals surface area contributed by atoms with E-state index >= 15 is 0 Å². The number of hydrogen-bond acceptors (Lipinski definition) is 13. The van der Waals surface area contributed by atoms with Crippen molar-refractivity contribution in [2.75, 3.05) is 53.4 Å². The summed E-state index contributed by atoms with van der Waals surface area (Å²) in [5.41, 5.74) is 38.7. The average molecular weight is 1760 g/mol. The molecule has 11 aromatic carbocycles. The number of pyridine rings is 1. The summed E-state index contributed by atoms with van der Waals surface area (Å²) in [6.45, 7) is 5.46. The molecule has 0 radical (unpaired) electrons. The van der Waals surface area contributed by atoms with E-state index in [-0.39, 0.29) is 71.5 Å². The van der Waals surface area contributed by atoms with E-state index in [1.165, 1.54) is 48.5 Å². The molecular formula is C98H96Cl5F6N7O6. The van der Waals surface area contributed by atoms with Gasteiger partial charge in [0, 0.05) is 127 Å². The Kier molecular flexibility index (Phi) is 31.3. The van der Waals surface area contributed by atoms with Crippen LogP contribution in [0.15, 0.2) is 213 Å².